The number of rotatable bonds is 8. The van der Waals surface area contributed by atoms with E-state index < -0.39 is 0 Å². The molecule has 2 aromatic rings. The second kappa shape index (κ2) is 8.30. The molecule has 2 nitrogen and oxygen atoms in total. The summed E-state index contributed by atoms with van der Waals surface area (Å²) >= 11 is 1.78. The Morgan fingerprint density at radius 1 is 1.10 bits per heavy atom. The van der Waals surface area contributed by atoms with Gasteiger partial charge in [-0.1, -0.05) is 38.1 Å². The molecule has 0 aliphatic rings. The smallest absolute Gasteiger partial charge is 0.0943 e. The highest BCUT2D eigenvalue weighted by Gasteiger charge is 2.12. The van der Waals surface area contributed by atoms with Gasteiger partial charge >= 0.3 is 0 Å². The van der Waals surface area contributed by atoms with E-state index in [0.29, 0.717) is 6.04 Å². The molecule has 0 bridgehead atoms. The Balaban J connectivity index is 2.00. The molecule has 1 unspecified atom stereocenters. The fourth-order valence-corrected chi connectivity index (χ4v) is 3.32. The van der Waals surface area contributed by atoms with Crippen molar-refractivity contribution in [1.82, 2.24) is 10.3 Å². The molecule has 1 aromatic carbocycles. The van der Waals surface area contributed by atoms with Gasteiger partial charge in [0, 0.05) is 23.5 Å². The third-order valence-corrected chi connectivity index (χ3v) is 4.67. The lowest BCUT2D eigenvalue weighted by Crippen LogP contribution is -2.33. The first-order valence-electron chi connectivity index (χ1n) is 7.93. The fourth-order valence-electron chi connectivity index (χ4n) is 2.47. The predicted molar refractivity (Wildman–Crippen MR) is 92.2 cm³/mol. The first kappa shape index (κ1) is 16.2. The molecule has 0 radical (unpaired) electrons. The zero-order valence-electron chi connectivity index (χ0n) is 13.4. The van der Waals surface area contributed by atoms with E-state index in [0.717, 1.165) is 31.5 Å². The number of hydrogen-bond acceptors (Lipinski definition) is 3. The minimum atomic E-state index is 0.475. The molecule has 2 rings (SSSR count). The first-order valence-corrected chi connectivity index (χ1v) is 8.81. The normalized spacial score (nSPS) is 12.5. The molecule has 1 aromatic heterocycles. The van der Waals surface area contributed by atoms with Crippen molar-refractivity contribution >= 4 is 11.3 Å². The molecule has 1 heterocycles. The maximum Gasteiger partial charge on any atom is 0.0943 e. The summed E-state index contributed by atoms with van der Waals surface area (Å²) in [6.45, 7) is 7.55. The third-order valence-electron chi connectivity index (χ3n) is 3.68. The Hall–Kier alpha value is -1.19. The number of nitrogens with zero attached hydrogens (tertiary/aromatic N) is 1. The predicted octanol–water partition coefficient (Wildman–Crippen LogP) is 4.17. The van der Waals surface area contributed by atoms with E-state index in [-0.39, 0.29) is 0 Å². The van der Waals surface area contributed by atoms with Crippen molar-refractivity contribution in [3.8, 4) is 0 Å². The molecule has 0 aliphatic carbocycles. The summed E-state index contributed by atoms with van der Waals surface area (Å²) in [7, 11) is 0. The SMILES string of the molecule is CCCNC(Cc1ccc(CC)cc1)Cc1nc(C)cs1. The molecule has 0 saturated carbocycles. The van der Waals surface area contributed by atoms with Crippen LogP contribution in [0, 0.1) is 6.92 Å². The van der Waals surface area contributed by atoms with Gasteiger partial charge in [0.25, 0.3) is 0 Å². The summed E-state index contributed by atoms with van der Waals surface area (Å²) in [5, 5.41) is 7.05. The molecule has 0 aliphatic heterocycles. The molecule has 0 saturated heterocycles. The summed E-state index contributed by atoms with van der Waals surface area (Å²) in [5.74, 6) is 0. The van der Waals surface area contributed by atoms with E-state index in [1.807, 2.05) is 0 Å². The molecule has 21 heavy (non-hydrogen) atoms. The van der Waals surface area contributed by atoms with Crippen molar-refractivity contribution in [2.45, 2.75) is 52.5 Å². The van der Waals surface area contributed by atoms with Crippen LogP contribution in [0.5, 0.6) is 0 Å². The minimum Gasteiger partial charge on any atom is -0.313 e. The van der Waals surface area contributed by atoms with Gasteiger partial charge in [-0.2, -0.15) is 0 Å². The Labute approximate surface area is 132 Å². The van der Waals surface area contributed by atoms with Gasteiger partial charge in [0.15, 0.2) is 0 Å². The Kier molecular flexibility index (Phi) is 6.40. The van der Waals surface area contributed by atoms with Crippen molar-refractivity contribution in [3.63, 3.8) is 0 Å². The van der Waals surface area contributed by atoms with Crippen LogP contribution in [0.4, 0.5) is 0 Å². The highest BCUT2D eigenvalue weighted by molar-refractivity contribution is 7.09. The lowest BCUT2D eigenvalue weighted by molar-refractivity contribution is 0.503. The van der Waals surface area contributed by atoms with Crippen LogP contribution in [-0.2, 0) is 19.3 Å². The van der Waals surface area contributed by atoms with Crippen LogP contribution >= 0.6 is 11.3 Å². The Morgan fingerprint density at radius 3 is 2.38 bits per heavy atom. The first-order chi connectivity index (χ1) is 10.2. The van der Waals surface area contributed by atoms with E-state index >= 15 is 0 Å². The van der Waals surface area contributed by atoms with Gasteiger partial charge in [-0.25, -0.2) is 4.98 Å². The molecule has 114 valence electrons. The quantitative estimate of drug-likeness (QED) is 0.791. The highest BCUT2D eigenvalue weighted by Crippen LogP contribution is 2.14. The highest BCUT2D eigenvalue weighted by atomic mass is 32.1. The van der Waals surface area contributed by atoms with Gasteiger partial charge < -0.3 is 5.32 Å². The number of aromatic nitrogens is 1. The zero-order chi connectivity index (χ0) is 15.1. The van der Waals surface area contributed by atoms with E-state index in [2.05, 4.69) is 60.7 Å². The number of hydrogen-bond donors (Lipinski definition) is 1. The minimum absolute atomic E-state index is 0.475. The molecule has 3 heteroatoms. The summed E-state index contributed by atoms with van der Waals surface area (Å²) in [5.41, 5.74) is 3.96. The van der Waals surface area contributed by atoms with Crippen LogP contribution in [0.15, 0.2) is 29.6 Å². The monoisotopic (exact) mass is 302 g/mol. The van der Waals surface area contributed by atoms with Gasteiger partial charge in [-0.15, -0.1) is 11.3 Å². The van der Waals surface area contributed by atoms with Crippen LogP contribution < -0.4 is 5.32 Å². The van der Waals surface area contributed by atoms with Crippen molar-refractivity contribution in [2.75, 3.05) is 6.54 Å². The standard InChI is InChI=1S/C18H26N2S/c1-4-10-19-17(12-18-20-14(3)13-21-18)11-16-8-6-15(5-2)7-9-16/h6-9,13,17,19H,4-5,10-12H2,1-3H3. The largest absolute Gasteiger partial charge is 0.313 e. The van der Waals surface area contributed by atoms with Crippen molar-refractivity contribution in [3.05, 3.63) is 51.5 Å². The summed E-state index contributed by atoms with van der Waals surface area (Å²) in [6, 6.07) is 9.52. The number of benzene rings is 1. The van der Waals surface area contributed by atoms with Crippen LogP contribution in [-0.4, -0.2) is 17.6 Å². The molecule has 0 fully saturated rings. The van der Waals surface area contributed by atoms with E-state index in [1.165, 1.54) is 22.6 Å². The van der Waals surface area contributed by atoms with Gasteiger partial charge in [0.2, 0.25) is 0 Å². The third kappa shape index (κ3) is 5.25. The number of aryl methyl sites for hydroxylation is 2. The Bertz CT molecular complexity index is 530. The van der Waals surface area contributed by atoms with Crippen LogP contribution in [0.3, 0.4) is 0 Å². The number of nitrogens with one attached hydrogen (secondary N) is 1. The maximum absolute atomic E-state index is 4.61. The molecular formula is C18H26N2S. The second-order valence-corrected chi connectivity index (χ2v) is 6.55. The molecule has 1 N–H and O–H groups in total. The lowest BCUT2D eigenvalue weighted by Gasteiger charge is -2.17. The van der Waals surface area contributed by atoms with E-state index in [1.54, 1.807) is 11.3 Å². The van der Waals surface area contributed by atoms with Crippen LogP contribution in [0.2, 0.25) is 0 Å². The van der Waals surface area contributed by atoms with Crippen molar-refractivity contribution < 1.29 is 0 Å². The van der Waals surface area contributed by atoms with Crippen LogP contribution in [0.1, 0.15) is 42.1 Å². The zero-order valence-corrected chi connectivity index (χ0v) is 14.2. The van der Waals surface area contributed by atoms with Gasteiger partial charge in [0.1, 0.15) is 0 Å². The summed E-state index contributed by atoms with van der Waals surface area (Å²) in [6.07, 6.45) is 4.37. The topological polar surface area (TPSA) is 24.9 Å². The van der Waals surface area contributed by atoms with E-state index in [9.17, 15) is 0 Å². The average molecular weight is 302 g/mol. The average Bonchev–Trinajstić information content (AvgIpc) is 2.90. The van der Waals surface area contributed by atoms with E-state index in [4.69, 9.17) is 0 Å². The molecular weight excluding hydrogens is 276 g/mol. The molecule has 0 amide bonds. The van der Waals surface area contributed by atoms with Crippen LogP contribution in [0.25, 0.3) is 0 Å². The maximum atomic E-state index is 4.61. The Morgan fingerprint density at radius 2 is 1.81 bits per heavy atom. The van der Waals surface area contributed by atoms with Crippen molar-refractivity contribution in [2.24, 2.45) is 0 Å². The van der Waals surface area contributed by atoms with Gasteiger partial charge in [-0.3, -0.25) is 0 Å². The molecule has 1 atom stereocenters. The lowest BCUT2D eigenvalue weighted by atomic mass is 10.0. The second-order valence-electron chi connectivity index (χ2n) is 5.61. The summed E-state index contributed by atoms with van der Waals surface area (Å²) in [4.78, 5) is 4.61. The van der Waals surface area contributed by atoms with Gasteiger partial charge in [0.05, 0.1) is 5.01 Å². The summed E-state index contributed by atoms with van der Waals surface area (Å²) < 4.78 is 0. The van der Waals surface area contributed by atoms with Crippen molar-refractivity contribution in [1.29, 1.82) is 0 Å². The molecule has 0 spiro atoms. The number of thiazole rings is 1. The van der Waals surface area contributed by atoms with Gasteiger partial charge in [-0.05, 0) is 43.9 Å². The fraction of sp³-hybridized carbons (Fsp3) is 0.500.